The highest BCUT2D eigenvalue weighted by atomic mass is 16.5. The highest BCUT2D eigenvalue weighted by molar-refractivity contribution is 4.75. The molecule has 2 heterocycles. The zero-order valence-electron chi connectivity index (χ0n) is 12.9. The minimum Gasteiger partial charge on any atom is -0.373 e. The molecule has 3 heteroatoms. The molecule has 2 saturated heterocycles. The second-order valence-electron chi connectivity index (χ2n) is 6.53. The molecule has 0 bridgehead atoms. The van der Waals surface area contributed by atoms with Crippen LogP contribution < -0.4 is 0 Å². The van der Waals surface area contributed by atoms with Gasteiger partial charge in [-0.05, 0) is 65.7 Å². The lowest BCUT2D eigenvalue weighted by Gasteiger charge is -2.35. The third-order valence-corrected chi connectivity index (χ3v) is 4.29. The Morgan fingerprint density at radius 1 is 0.737 bits per heavy atom. The van der Waals surface area contributed by atoms with Gasteiger partial charge >= 0.3 is 0 Å². The molecule has 0 aromatic rings. The third-order valence-electron chi connectivity index (χ3n) is 4.29. The molecular weight excluding hydrogens is 236 g/mol. The van der Waals surface area contributed by atoms with Crippen molar-refractivity contribution in [2.24, 2.45) is 0 Å². The number of hydrogen-bond acceptors (Lipinski definition) is 3. The number of nitrogens with zero attached hydrogens (tertiary/aromatic N) is 2. The van der Waals surface area contributed by atoms with Crippen LogP contribution in [-0.4, -0.2) is 61.3 Å². The first kappa shape index (κ1) is 15.3. The summed E-state index contributed by atoms with van der Waals surface area (Å²) >= 11 is 0. The second-order valence-corrected chi connectivity index (χ2v) is 6.53. The molecule has 0 aliphatic carbocycles. The van der Waals surface area contributed by atoms with Crippen molar-refractivity contribution in [2.75, 3.05) is 39.3 Å². The fourth-order valence-corrected chi connectivity index (χ4v) is 3.39. The normalized spacial score (nSPS) is 23.4. The van der Waals surface area contributed by atoms with Crippen molar-refractivity contribution in [1.82, 2.24) is 9.80 Å². The quantitative estimate of drug-likeness (QED) is 0.737. The molecule has 19 heavy (non-hydrogen) atoms. The van der Waals surface area contributed by atoms with Gasteiger partial charge in [-0.1, -0.05) is 12.8 Å². The maximum Gasteiger partial charge on any atom is 0.0832 e. The largest absolute Gasteiger partial charge is 0.373 e. The molecule has 2 aliphatic rings. The Labute approximate surface area is 119 Å². The number of rotatable bonds is 6. The van der Waals surface area contributed by atoms with Gasteiger partial charge in [0, 0.05) is 13.1 Å². The number of ether oxygens (including phenoxy) is 1. The number of piperidine rings is 2. The molecule has 0 radical (unpaired) electrons. The minimum atomic E-state index is 0.347. The molecule has 0 atom stereocenters. The van der Waals surface area contributed by atoms with Gasteiger partial charge in [0.1, 0.15) is 0 Å². The van der Waals surface area contributed by atoms with Crippen LogP contribution in [0.1, 0.15) is 52.4 Å². The Kier molecular flexibility index (Phi) is 6.62. The summed E-state index contributed by atoms with van der Waals surface area (Å²) in [5.74, 6) is 0. The minimum absolute atomic E-state index is 0.347. The van der Waals surface area contributed by atoms with E-state index in [0.717, 1.165) is 13.1 Å². The standard InChI is InChI=1S/C16H32N2O/c1-15(2)19-16(13-17-9-5-3-6-10-17)14-18-11-7-4-8-12-18/h15-16H,3-14H2,1-2H3. The predicted octanol–water partition coefficient (Wildman–Crippen LogP) is 2.75. The maximum absolute atomic E-state index is 6.17. The highest BCUT2D eigenvalue weighted by Gasteiger charge is 2.21. The lowest BCUT2D eigenvalue weighted by molar-refractivity contribution is -0.0336. The first-order valence-corrected chi connectivity index (χ1v) is 8.34. The second kappa shape index (κ2) is 8.23. The Hall–Kier alpha value is -0.120. The van der Waals surface area contributed by atoms with Crippen molar-refractivity contribution < 1.29 is 4.74 Å². The summed E-state index contributed by atoms with van der Waals surface area (Å²) in [5.41, 5.74) is 0. The van der Waals surface area contributed by atoms with Gasteiger partial charge in [-0.15, -0.1) is 0 Å². The predicted molar refractivity (Wildman–Crippen MR) is 80.6 cm³/mol. The fourth-order valence-electron chi connectivity index (χ4n) is 3.39. The smallest absolute Gasteiger partial charge is 0.0832 e. The van der Waals surface area contributed by atoms with E-state index in [1.54, 1.807) is 0 Å². The van der Waals surface area contributed by atoms with E-state index in [4.69, 9.17) is 4.74 Å². The van der Waals surface area contributed by atoms with E-state index in [1.165, 1.54) is 64.7 Å². The van der Waals surface area contributed by atoms with Crippen molar-refractivity contribution in [1.29, 1.82) is 0 Å². The van der Waals surface area contributed by atoms with Crippen molar-refractivity contribution >= 4 is 0 Å². The SMILES string of the molecule is CC(C)OC(CN1CCCCC1)CN1CCCCC1. The van der Waals surface area contributed by atoms with Crippen LogP contribution in [0, 0.1) is 0 Å². The van der Waals surface area contributed by atoms with E-state index in [9.17, 15) is 0 Å². The molecule has 2 aliphatic heterocycles. The van der Waals surface area contributed by atoms with Gasteiger partial charge < -0.3 is 14.5 Å². The summed E-state index contributed by atoms with van der Waals surface area (Å²) < 4.78 is 6.17. The molecular formula is C16H32N2O. The molecule has 0 aromatic carbocycles. The van der Waals surface area contributed by atoms with Crippen LogP contribution in [0.15, 0.2) is 0 Å². The Balaban J connectivity index is 1.79. The first-order valence-electron chi connectivity index (χ1n) is 8.34. The lowest BCUT2D eigenvalue weighted by atomic mass is 10.1. The third kappa shape index (κ3) is 5.80. The van der Waals surface area contributed by atoms with Crippen molar-refractivity contribution in [3.05, 3.63) is 0 Å². The molecule has 0 spiro atoms. The van der Waals surface area contributed by atoms with E-state index in [2.05, 4.69) is 23.6 Å². The maximum atomic E-state index is 6.17. The topological polar surface area (TPSA) is 15.7 Å². The van der Waals surface area contributed by atoms with Crippen LogP contribution in [0.2, 0.25) is 0 Å². The van der Waals surface area contributed by atoms with Gasteiger partial charge in [-0.3, -0.25) is 0 Å². The van der Waals surface area contributed by atoms with Crippen LogP contribution in [-0.2, 0) is 4.74 Å². The fraction of sp³-hybridized carbons (Fsp3) is 1.00. The van der Waals surface area contributed by atoms with Gasteiger partial charge in [0.15, 0.2) is 0 Å². The Bertz CT molecular complexity index is 213. The van der Waals surface area contributed by atoms with Gasteiger partial charge in [0.25, 0.3) is 0 Å². The van der Waals surface area contributed by atoms with Gasteiger partial charge in [-0.25, -0.2) is 0 Å². The van der Waals surface area contributed by atoms with E-state index in [0.29, 0.717) is 12.2 Å². The Morgan fingerprint density at radius 3 is 1.53 bits per heavy atom. The average molecular weight is 268 g/mol. The summed E-state index contributed by atoms with van der Waals surface area (Å²) in [6.45, 7) is 11.7. The van der Waals surface area contributed by atoms with Gasteiger partial charge in [-0.2, -0.15) is 0 Å². The van der Waals surface area contributed by atoms with Gasteiger partial charge in [0.2, 0.25) is 0 Å². The molecule has 0 amide bonds. The van der Waals surface area contributed by atoms with Gasteiger partial charge in [0.05, 0.1) is 12.2 Å². The van der Waals surface area contributed by atoms with Crippen molar-refractivity contribution in [3.8, 4) is 0 Å². The van der Waals surface area contributed by atoms with Crippen LogP contribution >= 0.6 is 0 Å². The number of hydrogen-bond donors (Lipinski definition) is 0. The van der Waals surface area contributed by atoms with Crippen molar-refractivity contribution in [3.63, 3.8) is 0 Å². The zero-order valence-corrected chi connectivity index (χ0v) is 12.9. The summed E-state index contributed by atoms with van der Waals surface area (Å²) in [6.07, 6.45) is 9.07. The molecule has 0 saturated carbocycles. The Morgan fingerprint density at radius 2 is 1.16 bits per heavy atom. The zero-order chi connectivity index (χ0) is 13.5. The summed E-state index contributed by atoms with van der Waals surface area (Å²) in [5, 5.41) is 0. The molecule has 0 N–H and O–H groups in total. The van der Waals surface area contributed by atoms with Crippen LogP contribution in [0.25, 0.3) is 0 Å². The molecule has 2 rings (SSSR count). The van der Waals surface area contributed by atoms with Crippen LogP contribution in [0.3, 0.4) is 0 Å². The van der Waals surface area contributed by atoms with Crippen LogP contribution in [0.5, 0.6) is 0 Å². The monoisotopic (exact) mass is 268 g/mol. The summed E-state index contributed by atoms with van der Waals surface area (Å²) in [4.78, 5) is 5.22. The van der Waals surface area contributed by atoms with E-state index in [1.807, 2.05) is 0 Å². The molecule has 2 fully saturated rings. The van der Waals surface area contributed by atoms with E-state index in [-0.39, 0.29) is 0 Å². The van der Waals surface area contributed by atoms with E-state index < -0.39 is 0 Å². The van der Waals surface area contributed by atoms with Crippen molar-refractivity contribution in [2.45, 2.75) is 64.6 Å². The van der Waals surface area contributed by atoms with E-state index >= 15 is 0 Å². The molecule has 3 nitrogen and oxygen atoms in total. The highest BCUT2D eigenvalue weighted by Crippen LogP contribution is 2.14. The molecule has 0 unspecified atom stereocenters. The summed E-state index contributed by atoms with van der Waals surface area (Å²) in [6, 6.07) is 0. The number of likely N-dealkylation sites (tertiary alicyclic amines) is 2. The lowest BCUT2D eigenvalue weighted by Crippen LogP contribution is -2.45. The molecule has 0 aromatic heterocycles. The molecule has 112 valence electrons. The van der Waals surface area contributed by atoms with Crippen LogP contribution in [0.4, 0.5) is 0 Å². The average Bonchev–Trinajstić information content (AvgIpc) is 2.40. The summed E-state index contributed by atoms with van der Waals surface area (Å²) in [7, 11) is 0. The first-order chi connectivity index (χ1) is 9.24.